The zero-order chi connectivity index (χ0) is 14.3. The Labute approximate surface area is 128 Å². The molecule has 1 aromatic heterocycles. The molecule has 1 aliphatic heterocycles. The van der Waals surface area contributed by atoms with Crippen LogP contribution < -0.4 is 10.1 Å². The number of ether oxygens (including phenoxy) is 1. The number of aromatic nitrogens is 1. The Morgan fingerprint density at radius 2 is 1.84 bits per heavy atom. The summed E-state index contributed by atoms with van der Waals surface area (Å²) in [6.45, 7) is 8.80. The first-order valence-electron chi connectivity index (χ1n) is 6.45. The van der Waals surface area contributed by atoms with Gasteiger partial charge in [-0.2, -0.15) is 0 Å². The molecule has 0 radical (unpaired) electrons. The SMILES string of the molecule is CC1(C)CC(Oc2ccc(Br)c(Cl)n2)CC(C)(C)N1. The molecule has 5 heteroatoms. The van der Waals surface area contributed by atoms with Crippen LogP contribution in [-0.4, -0.2) is 22.2 Å². The van der Waals surface area contributed by atoms with Crippen LogP contribution in [-0.2, 0) is 0 Å². The third-order valence-electron chi connectivity index (χ3n) is 3.22. The summed E-state index contributed by atoms with van der Waals surface area (Å²) in [7, 11) is 0. The predicted octanol–water partition coefficient (Wildman–Crippen LogP) is 4.19. The molecule has 1 fully saturated rings. The highest BCUT2D eigenvalue weighted by Gasteiger charge is 2.38. The van der Waals surface area contributed by atoms with Crippen molar-refractivity contribution in [1.29, 1.82) is 0 Å². The summed E-state index contributed by atoms with van der Waals surface area (Å²) in [6.07, 6.45) is 2.05. The molecular formula is C14H20BrClN2O. The molecule has 2 heterocycles. The topological polar surface area (TPSA) is 34.1 Å². The Kier molecular flexibility index (Phi) is 4.15. The maximum atomic E-state index is 6.01. The fourth-order valence-electron chi connectivity index (χ4n) is 2.95. The van der Waals surface area contributed by atoms with Gasteiger partial charge < -0.3 is 10.1 Å². The molecule has 106 valence electrons. The van der Waals surface area contributed by atoms with E-state index in [0.29, 0.717) is 11.0 Å². The first kappa shape index (κ1) is 15.1. The van der Waals surface area contributed by atoms with E-state index in [1.54, 1.807) is 0 Å². The van der Waals surface area contributed by atoms with E-state index in [9.17, 15) is 0 Å². The van der Waals surface area contributed by atoms with Crippen LogP contribution in [0.1, 0.15) is 40.5 Å². The van der Waals surface area contributed by atoms with Gasteiger partial charge >= 0.3 is 0 Å². The van der Waals surface area contributed by atoms with E-state index in [1.165, 1.54) is 0 Å². The molecule has 0 spiro atoms. The summed E-state index contributed by atoms with van der Waals surface area (Å²) < 4.78 is 6.79. The number of piperidine rings is 1. The second-order valence-corrected chi connectivity index (χ2v) is 7.68. The number of nitrogens with zero attached hydrogens (tertiary/aromatic N) is 1. The summed E-state index contributed by atoms with van der Waals surface area (Å²) in [6, 6.07) is 3.71. The van der Waals surface area contributed by atoms with Gasteiger partial charge in [0.05, 0.1) is 4.47 Å². The highest BCUT2D eigenvalue weighted by molar-refractivity contribution is 9.10. The summed E-state index contributed by atoms with van der Waals surface area (Å²) >= 11 is 9.32. The van der Waals surface area contributed by atoms with E-state index in [4.69, 9.17) is 16.3 Å². The average molecular weight is 348 g/mol. The van der Waals surface area contributed by atoms with Crippen LogP contribution in [0.3, 0.4) is 0 Å². The van der Waals surface area contributed by atoms with E-state index in [-0.39, 0.29) is 17.2 Å². The molecule has 1 saturated heterocycles. The van der Waals surface area contributed by atoms with Crippen LogP contribution in [0.2, 0.25) is 5.15 Å². The van der Waals surface area contributed by atoms with Crippen LogP contribution in [0.25, 0.3) is 0 Å². The molecule has 1 aromatic rings. The van der Waals surface area contributed by atoms with E-state index in [2.05, 4.69) is 53.9 Å². The molecule has 0 bridgehead atoms. The Balaban J connectivity index is 2.11. The van der Waals surface area contributed by atoms with Gasteiger partial charge in [-0.15, -0.1) is 0 Å². The summed E-state index contributed by atoms with van der Waals surface area (Å²) in [5.41, 5.74) is 0.122. The van der Waals surface area contributed by atoms with Gasteiger partial charge in [0, 0.05) is 30.0 Å². The Bertz CT molecular complexity index is 461. The molecule has 1 aliphatic rings. The van der Waals surface area contributed by atoms with Crippen LogP contribution in [0, 0.1) is 0 Å². The van der Waals surface area contributed by atoms with Crippen LogP contribution in [0.5, 0.6) is 5.88 Å². The lowest BCUT2D eigenvalue weighted by Gasteiger charge is -2.46. The lowest BCUT2D eigenvalue weighted by Crippen LogP contribution is -2.60. The molecular weight excluding hydrogens is 328 g/mol. The molecule has 0 saturated carbocycles. The van der Waals surface area contributed by atoms with Crippen LogP contribution in [0.4, 0.5) is 0 Å². The zero-order valence-electron chi connectivity index (χ0n) is 11.8. The van der Waals surface area contributed by atoms with E-state index >= 15 is 0 Å². The first-order valence-corrected chi connectivity index (χ1v) is 7.62. The minimum Gasteiger partial charge on any atom is -0.474 e. The Hall–Kier alpha value is -0.320. The third kappa shape index (κ3) is 4.07. The fraction of sp³-hybridized carbons (Fsp3) is 0.643. The molecule has 3 nitrogen and oxygen atoms in total. The van der Waals surface area contributed by atoms with Crippen molar-refractivity contribution in [2.45, 2.75) is 57.7 Å². The van der Waals surface area contributed by atoms with Gasteiger partial charge in [0.2, 0.25) is 5.88 Å². The molecule has 19 heavy (non-hydrogen) atoms. The van der Waals surface area contributed by atoms with Gasteiger partial charge in [0.15, 0.2) is 0 Å². The normalized spacial score (nSPS) is 22.2. The van der Waals surface area contributed by atoms with Crippen molar-refractivity contribution >= 4 is 27.5 Å². The summed E-state index contributed by atoms with van der Waals surface area (Å²) in [4.78, 5) is 4.24. The van der Waals surface area contributed by atoms with Gasteiger partial charge in [-0.25, -0.2) is 4.98 Å². The second-order valence-electron chi connectivity index (χ2n) is 6.46. The lowest BCUT2D eigenvalue weighted by molar-refractivity contribution is 0.0530. The molecule has 2 rings (SSSR count). The summed E-state index contributed by atoms with van der Waals surface area (Å²) in [5, 5.41) is 4.07. The minimum atomic E-state index is 0.0611. The van der Waals surface area contributed by atoms with Crippen molar-refractivity contribution in [3.05, 3.63) is 21.8 Å². The van der Waals surface area contributed by atoms with Crippen LogP contribution >= 0.6 is 27.5 Å². The van der Waals surface area contributed by atoms with Crippen molar-refractivity contribution in [2.24, 2.45) is 0 Å². The number of pyridine rings is 1. The minimum absolute atomic E-state index is 0.0611. The van der Waals surface area contributed by atoms with Crippen molar-refractivity contribution in [2.75, 3.05) is 0 Å². The van der Waals surface area contributed by atoms with E-state index < -0.39 is 0 Å². The standard InChI is InChI=1S/C14H20BrClN2O/c1-13(2)7-9(8-14(3,4)18-13)19-11-6-5-10(15)12(16)17-11/h5-6,9,18H,7-8H2,1-4H3. The number of rotatable bonds is 2. The van der Waals surface area contributed by atoms with Gasteiger partial charge in [0.25, 0.3) is 0 Å². The summed E-state index contributed by atoms with van der Waals surface area (Å²) in [5.74, 6) is 0.590. The van der Waals surface area contributed by atoms with Gasteiger partial charge in [-0.1, -0.05) is 11.6 Å². The zero-order valence-corrected chi connectivity index (χ0v) is 14.1. The van der Waals surface area contributed by atoms with Crippen molar-refractivity contribution in [1.82, 2.24) is 10.3 Å². The van der Waals surface area contributed by atoms with Crippen molar-refractivity contribution in [3.63, 3.8) is 0 Å². The molecule has 0 aromatic carbocycles. The predicted molar refractivity (Wildman–Crippen MR) is 81.9 cm³/mol. The second kappa shape index (κ2) is 5.23. The molecule has 0 atom stereocenters. The average Bonchev–Trinajstić information content (AvgIpc) is 2.18. The van der Waals surface area contributed by atoms with Gasteiger partial charge in [-0.3, -0.25) is 0 Å². The Morgan fingerprint density at radius 3 is 2.37 bits per heavy atom. The smallest absolute Gasteiger partial charge is 0.214 e. The number of hydrogen-bond acceptors (Lipinski definition) is 3. The quantitative estimate of drug-likeness (QED) is 0.815. The van der Waals surface area contributed by atoms with Gasteiger partial charge in [0.1, 0.15) is 11.3 Å². The van der Waals surface area contributed by atoms with Crippen molar-refractivity contribution in [3.8, 4) is 5.88 Å². The maximum absolute atomic E-state index is 6.01. The highest BCUT2D eigenvalue weighted by atomic mass is 79.9. The van der Waals surface area contributed by atoms with Crippen LogP contribution in [0.15, 0.2) is 16.6 Å². The van der Waals surface area contributed by atoms with E-state index in [1.807, 2.05) is 12.1 Å². The number of nitrogens with one attached hydrogen (secondary N) is 1. The van der Waals surface area contributed by atoms with Gasteiger partial charge in [-0.05, 0) is 49.7 Å². The largest absolute Gasteiger partial charge is 0.474 e. The molecule has 0 aliphatic carbocycles. The van der Waals surface area contributed by atoms with Crippen molar-refractivity contribution < 1.29 is 4.74 Å². The van der Waals surface area contributed by atoms with E-state index in [0.717, 1.165) is 17.3 Å². The molecule has 1 N–H and O–H groups in total. The third-order valence-corrected chi connectivity index (χ3v) is 4.37. The maximum Gasteiger partial charge on any atom is 0.214 e. The Morgan fingerprint density at radius 1 is 1.26 bits per heavy atom. The number of hydrogen-bond donors (Lipinski definition) is 1. The highest BCUT2D eigenvalue weighted by Crippen LogP contribution is 2.31. The first-order chi connectivity index (χ1) is 8.67. The monoisotopic (exact) mass is 346 g/mol. The number of halogens is 2. The lowest BCUT2D eigenvalue weighted by atomic mass is 9.81. The molecule has 0 unspecified atom stereocenters. The fourth-order valence-corrected chi connectivity index (χ4v) is 3.32. The molecule has 0 amide bonds.